The SMILES string of the molecule is CC(C)CNC(=O)c1ccc(OCCN(Cc2ccccc2)Cc2ccccc2)c(-c2ccc3oc(Cc4ccc(F)cc4)c(C(N)=O)c3c2)c1. The molecule has 0 aliphatic rings. The lowest BCUT2D eigenvalue weighted by Crippen LogP contribution is -2.28. The van der Waals surface area contributed by atoms with Crippen LogP contribution in [0.5, 0.6) is 5.75 Å². The van der Waals surface area contributed by atoms with Gasteiger partial charge < -0.3 is 20.2 Å². The number of ether oxygens (including phenoxy) is 1. The van der Waals surface area contributed by atoms with E-state index in [-0.39, 0.29) is 23.7 Å². The number of carbonyl (C=O) groups is 2. The quantitative estimate of drug-likeness (QED) is 0.113. The predicted octanol–water partition coefficient (Wildman–Crippen LogP) is 8.40. The van der Waals surface area contributed by atoms with E-state index in [0.717, 1.165) is 24.2 Å². The Hall–Kier alpha value is -5.73. The lowest BCUT2D eigenvalue weighted by Gasteiger charge is -2.23. The number of benzene rings is 5. The number of furan rings is 1. The van der Waals surface area contributed by atoms with Crippen LogP contribution in [0.25, 0.3) is 22.1 Å². The Balaban J connectivity index is 1.31. The van der Waals surface area contributed by atoms with Gasteiger partial charge in [-0.15, -0.1) is 0 Å². The molecule has 0 aliphatic carbocycles. The normalized spacial score (nSPS) is 11.3. The second-order valence-electron chi connectivity index (χ2n) is 13.1. The number of hydrogen-bond acceptors (Lipinski definition) is 5. The standard InChI is InChI=1S/C43H42FN3O4/c1-29(2)26-46-43(49)34-16-19-38(50-22-21-47(27-31-9-5-3-6-10-31)28-32-11-7-4-8-12-32)36(25-34)33-15-20-39-37(24-33)41(42(45)48)40(51-39)23-30-13-17-35(44)18-14-30/h3-20,24-25,29H,21-23,26-28H2,1-2H3,(H2,45,48)(H,46,49). The van der Waals surface area contributed by atoms with Gasteiger partial charge in [0.2, 0.25) is 0 Å². The van der Waals surface area contributed by atoms with Crippen molar-refractivity contribution in [2.45, 2.75) is 33.4 Å². The minimum atomic E-state index is -0.627. The smallest absolute Gasteiger partial charge is 0.252 e. The van der Waals surface area contributed by atoms with Crippen LogP contribution in [0.3, 0.4) is 0 Å². The summed E-state index contributed by atoms with van der Waals surface area (Å²) in [6, 6.07) is 37.7. The molecular formula is C43H42FN3O4. The highest BCUT2D eigenvalue weighted by molar-refractivity contribution is 6.07. The fraction of sp³-hybridized carbons (Fsp3) is 0.209. The van der Waals surface area contributed by atoms with E-state index in [1.165, 1.54) is 23.3 Å². The number of fused-ring (bicyclic) bond motifs is 1. The van der Waals surface area contributed by atoms with E-state index in [1.807, 2.05) is 74.5 Å². The van der Waals surface area contributed by atoms with Crippen LogP contribution in [0.15, 0.2) is 126 Å². The molecule has 0 radical (unpaired) electrons. The first-order chi connectivity index (χ1) is 24.7. The van der Waals surface area contributed by atoms with Crippen LogP contribution in [0.4, 0.5) is 4.39 Å². The average molecular weight is 684 g/mol. The van der Waals surface area contributed by atoms with Crippen LogP contribution in [0.2, 0.25) is 0 Å². The fourth-order valence-electron chi connectivity index (χ4n) is 6.10. The molecule has 1 aromatic heterocycles. The Kier molecular flexibility index (Phi) is 11.2. The van der Waals surface area contributed by atoms with E-state index in [9.17, 15) is 14.0 Å². The molecule has 0 fully saturated rings. The summed E-state index contributed by atoms with van der Waals surface area (Å²) in [5.41, 5.74) is 11.8. The molecule has 0 unspecified atom stereocenters. The molecule has 260 valence electrons. The second-order valence-corrected chi connectivity index (χ2v) is 13.1. The molecule has 0 aliphatic heterocycles. The third kappa shape index (κ3) is 9.09. The summed E-state index contributed by atoms with van der Waals surface area (Å²) in [7, 11) is 0. The zero-order valence-electron chi connectivity index (χ0n) is 28.9. The number of carbonyl (C=O) groups excluding carboxylic acids is 2. The Bertz CT molecular complexity index is 2050. The van der Waals surface area contributed by atoms with Gasteiger partial charge in [0.1, 0.15) is 29.5 Å². The summed E-state index contributed by atoms with van der Waals surface area (Å²) in [6.07, 6.45) is 0.269. The van der Waals surface area contributed by atoms with Crippen molar-refractivity contribution < 1.29 is 23.1 Å². The van der Waals surface area contributed by atoms with Crippen LogP contribution in [0, 0.1) is 11.7 Å². The molecule has 2 amide bonds. The molecule has 0 atom stereocenters. The van der Waals surface area contributed by atoms with Crippen LogP contribution >= 0.6 is 0 Å². The maximum Gasteiger partial charge on any atom is 0.252 e. The minimum Gasteiger partial charge on any atom is -0.492 e. The van der Waals surface area contributed by atoms with Crippen molar-refractivity contribution in [3.05, 3.63) is 161 Å². The molecule has 51 heavy (non-hydrogen) atoms. The first-order valence-electron chi connectivity index (χ1n) is 17.2. The zero-order valence-corrected chi connectivity index (χ0v) is 28.9. The molecule has 7 nitrogen and oxygen atoms in total. The number of amides is 2. The van der Waals surface area contributed by atoms with E-state index in [2.05, 4.69) is 34.5 Å². The second kappa shape index (κ2) is 16.3. The van der Waals surface area contributed by atoms with Gasteiger partial charge in [0.25, 0.3) is 11.8 Å². The van der Waals surface area contributed by atoms with Crippen molar-refractivity contribution in [3.63, 3.8) is 0 Å². The first-order valence-corrected chi connectivity index (χ1v) is 17.2. The summed E-state index contributed by atoms with van der Waals surface area (Å²) in [5, 5.41) is 3.55. The molecule has 6 aromatic rings. The Morgan fingerprint density at radius 3 is 2.12 bits per heavy atom. The molecule has 6 rings (SSSR count). The number of nitrogens with two attached hydrogens (primary N) is 1. The molecule has 5 aromatic carbocycles. The lowest BCUT2D eigenvalue weighted by atomic mass is 9.98. The highest BCUT2D eigenvalue weighted by atomic mass is 19.1. The van der Waals surface area contributed by atoms with Gasteiger partial charge >= 0.3 is 0 Å². The van der Waals surface area contributed by atoms with Crippen molar-refractivity contribution in [2.75, 3.05) is 19.7 Å². The minimum absolute atomic E-state index is 0.183. The molecular weight excluding hydrogens is 641 g/mol. The van der Waals surface area contributed by atoms with Crippen molar-refractivity contribution in [1.29, 1.82) is 0 Å². The number of nitrogens with zero attached hydrogens (tertiary/aromatic N) is 1. The largest absolute Gasteiger partial charge is 0.492 e. The van der Waals surface area contributed by atoms with E-state index >= 15 is 0 Å². The monoisotopic (exact) mass is 683 g/mol. The number of hydrogen-bond donors (Lipinski definition) is 2. The number of rotatable bonds is 15. The first kappa shape index (κ1) is 35.1. The number of halogens is 1. The van der Waals surface area contributed by atoms with E-state index < -0.39 is 5.91 Å². The summed E-state index contributed by atoms with van der Waals surface area (Å²) in [4.78, 5) is 28.3. The van der Waals surface area contributed by atoms with Gasteiger partial charge in [-0.25, -0.2) is 4.39 Å². The van der Waals surface area contributed by atoms with Gasteiger partial charge in [-0.05, 0) is 70.6 Å². The lowest BCUT2D eigenvalue weighted by molar-refractivity contribution is 0.0947. The van der Waals surface area contributed by atoms with Crippen LogP contribution in [-0.4, -0.2) is 36.4 Å². The average Bonchev–Trinajstić information content (AvgIpc) is 3.50. The Morgan fingerprint density at radius 1 is 0.824 bits per heavy atom. The third-order valence-corrected chi connectivity index (χ3v) is 8.67. The third-order valence-electron chi connectivity index (χ3n) is 8.67. The topological polar surface area (TPSA) is 97.8 Å². The maximum atomic E-state index is 13.6. The molecule has 0 bridgehead atoms. The van der Waals surface area contributed by atoms with E-state index in [4.69, 9.17) is 14.9 Å². The summed E-state index contributed by atoms with van der Waals surface area (Å²) in [5.74, 6) is 0.142. The van der Waals surface area contributed by atoms with Gasteiger partial charge in [-0.2, -0.15) is 0 Å². The highest BCUT2D eigenvalue weighted by Gasteiger charge is 2.21. The summed E-state index contributed by atoms with van der Waals surface area (Å²) >= 11 is 0. The molecule has 0 spiro atoms. The molecule has 0 saturated carbocycles. The van der Waals surface area contributed by atoms with E-state index in [0.29, 0.717) is 59.2 Å². The molecule has 1 heterocycles. The van der Waals surface area contributed by atoms with Crippen LogP contribution in [0.1, 0.15) is 57.0 Å². The number of primary amides is 1. The van der Waals surface area contributed by atoms with Gasteiger partial charge in [0.05, 0.1) is 5.56 Å². The number of nitrogens with one attached hydrogen (secondary N) is 1. The van der Waals surface area contributed by atoms with Crippen LogP contribution in [-0.2, 0) is 19.5 Å². The molecule has 3 N–H and O–H groups in total. The predicted molar refractivity (Wildman–Crippen MR) is 199 cm³/mol. The van der Waals surface area contributed by atoms with Crippen molar-refractivity contribution >= 4 is 22.8 Å². The molecule has 8 heteroatoms. The van der Waals surface area contributed by atoms with Crippen LogP contribution < -0.4 is 15.8 Å². The molecule has 0 saturated heterocycles. The van der Waals surface area contributed by atoms with Gasteiger partial charge in [-0.1, -0.05) is 92.7 Å². The van der Waals surface area contributed by atoms with Gasteiger partial charge in [0.15, 0.2) is 0 Å². The fourth-order valence-corrected chi connectivity index (χ4v) is 6.10. The van der Waals surface area contributed by atoms with Gasteiger partial charge in [-0.3, -0.25) is 14.5 Å². The summed E-state index contributed by atoms with van der Waals surface area (Å²) < 4.78 is 26.2. The van der Waals surface area contributed by atoms with E-state index in [1.54, 1.807) is 24.3 Å². The maximum absolute atomic E-state index is 13.6. The van der Waals surface area contributed by atoms with Crippen molar-refractivity contribution in [2.24, 2.45) is 11.7 Å². The highest BCUT2D eigenvalue weighted by Crippen LogP contribution is 2.36. The summed E-state index contributed by atoms with van der Waals surface area (Å²) in [6.45, 7) is 7.20. The Morgan fingerprint density at radius 2 is 1.49 bits per heavy atom. The van der Waals surface area contributed by atoms with Gasteiger partial charge in [0, 0.05) is 49.1 Å². The van der Waals surface area contributed by atoms with Crippen molar-refractivity contribution in [1.82, 2.24) is 10.2 Å². The van der Waals surface area contributed by atoms with Crippen molar-refractivity contribution in [3.8, 4) is 16.9 Å². The Labute approximate surface area is 297 Å². The zero-order chi connectivity index (χ0) is 35.7.